The predicted molar refractivity (Wildman–Crippen MR) is 74.1 cm³/mol. The van der Waals surface area contributed by atoms with Crippen molar-refractivity contribution in [3.8, 4) is 0 Å². The lowest BCUT2D eigenvalue weighted by Gasteiger charge is -2.16. The van der Waals surface area contributed by atoms with Crippen molar-refractivity contribution >= 4 is 34.8 Å². The van der Waals surface area contributed by atoms with Gasteiger partial charge in [-0.05, 0) is 32.4 Å². The number of carbonyl (C=O) groups is 1. The summed E-state index contributed by atoms with van der Waals surface area (Å²) in [6.45, 7) is 3.48. The summed E-state index contributed by atoms with van der Waals surface area (Å²) in [6.07, 6.45) is 0.00114. The van der Waals surface area contributed by atoms with Crippen LogP contribution >= 0.6 is 23.2 Å². The summed E-state index contributed by atoms with van der Waals surface area (Å²) >= 11 is 11.7. The molecule has 0 aliphatic heterocycles. The fraction of sp³-hybridized carbons (Fsp3) is 0.417. The Morgan fingerprint density at radius 2 is 1.89 bits per heavy atom. The third-order valence-electron chi connectivity index (χ3n) is 2.41. The van der Waals surface area contributed by atoms with E-state index in [9.17, 15) is 9.90 Å². The number of anilines is 1. The van der Waals surface area contributed by atoms with Gasteiger partial charge in [0, 0.05) is 11.6 Å². The number of aliphatic hydroxyl groups is 1. The average Bonchev–Trinajstić information content (AvgIpc) is 2.23. The lowest BCUT2D eigenvalue weighted by Crippen LogP contribution is -2.34. The summed E-state index contributed by atoms with van der Waals surface area (Å²) in [5.74, 6) is -0.299. The van der Waals surface area contributed by atoms with Crippen LogP contribution in [0.15, 0.2) is 12.1 Å². The molecule has 0 fully saturated rings. The minimum Gasteiger partial charge on any atom is -0.396 e. The highest BCUT2D eigenvalue weighted by molar-refractivity contribution is 6.39. The smallest absolute Gasteiger partial charge is 0.251 e. The monoisotopic (exact) mass is 290 g/mol. The first kappa shape index (κ1) is 15.1. The van der Waals surface area contributed by atoms with Crippen molar-refractivity contribution in [2.24, 2.45) is 0 Å². The van der Waals surface area contributed by atoms with E-state index in [-0.39, 0.29) is 27.7 Å². The third-order valence-corrected chi connectivity index (χ3v) is 3.04. The topological polar surface area (TPSA) is 75.3 Å². The fourth-order valence-electron chi connectivity index (χ4n) is 1.59. The summed E-state index contributed by atoms with van der Waals surface area (Å²) < 4.78 is 0. The van der Waals surface area contributed by atoms with Crippen LogP contribution in [0, 0.1) is 0 Å². The van der Waals surface area contributed by atoms with E-state index in [2.05, 4.69) is 5.32 Å². The summed E-state index contributed by atoms with van der Waals surface area (Å²) in [6, 6.07) is 2.79. The number of hydrogen-bond acceptors (Lipinski definition) is 3. The van der Waals surface area contributed by atoms with Gasteiger partial charge in [0.15, 0.2) is 0 Å². The molecule has 0 aliphatic rings. The molecule has 0 aliphatic carbocycles. The van der Waals surface area contributed by atoms with Gasteiger partial charge in [-0.3, -0.25) is 4.79 Å². The summed E-state index contributed by atoms with van der Waals surface area (Å²) in [4.78, 5) is 11.9. The lowest BCUT2D eigenvalue weighted by atomic mass is 10.1. The number of amides is 1. The molecule has 100 valence electrons. The van der Waals surface area contributed by atoms with Crippen LogP contribution in [0.4, 0.5) is 5.69 Å². The standard InChI is InChI=1S/C12H16Cl2N2O2/c1-6(3-7(2)17)16-12(18)8-4-9(13)11(15)10(14)5-8/h4-7,17H,3,15H2,1-2H3,(H,16,18). The molecule has 0 heterocycles. The molecule has 1 rings (SSSR count). The SMILES string of the molecule is CC(O)CC(C)NC(=O)c1cc(Cl)c(N)c(Cl)c1. The number of benzene rings is 1. The molecule has 1 aromatic carbocycles. The first-order valence-corrected chi connectivity index (χ1v) is 6.30. The van der Waals surface area contributed by atoms with E-state index in [0.717, 1.165) is 0 Å². The average molecular weight is 291 g/mol. The van der Waals surface area contributed by atoms with Crippen LogP contribution in [0.5, 0.6) is 0 Å². The Labute approximate surface area is 116 Å². The van der Waals surface area contributed by atoms with E-state index in [1.165, 1.54) is 12.1 Å². The van der Waals surface area contributed by atoms with E-state index in [1.807, 2.05) is 6.92 Å². The second-order valence-electron chi connectivity index (χ2n) is 4.31. The first-order chi connectivity index (χ1) is 8.31. The van der Waals surface area contributed by atoms with E-state index in [1.54, 1.807) is 6.92 Å². The molecule has 2 atom stereocenters. The quantitative estimate of drug-likeness (QED) is 0.746. The van der Waals surface area contributed by atoms with Crippen molar-refractivity contribution in [2.45, 2.75) is 32.4 Å². The van der Waals surface area contributed by atoms with Gasteiger partial charge in [0.1, 0.15) is 0 Å². The maximum absolute atomic E-state index is 11.9. The minimum absolute atomic E-state index is 0.146. The van der Waals surface area contributed by atoms with Crippen LogP contribution in [0.1, 0.15) is 30.6 Å². The zero-order valence-electron chi connectivity index (χ0n) is 10.2. The molecule has 4 N–H and O–H groups in total. The first-order valence-electron chi connectivity index (χ1n) is 5.54. The minimum atomic E-state index is -0.473. The molecule has 0 radical (unpaired) electrons. The maximum Gasteiger partial charge on any atom is 0.251 e. The molecule has 1 amide bonds. The summed E-state index contributed by atoms with van der Waals surface area (Å²) in [7, 11) is 0. The highest BCUT2D eigenvalue weighted by Gasteiger charge is 2.14. The van der Waals surface area contributed by atoms with Crippen molar-refractivity contribution < 1.29 is 9.90 Å². The number of nitrogens with one attached hydrogen (secondary N) is 1. The van der Waals surface area contributed by atoms with Crippen LogP contribution in [0.3, 0.4) is 0 Å². The van der Waals surface area contributed by atoms with Crippen LogP contribution in [-0.2, 0) is 0 Å². The molecule has 18 heavy (non-hydrogen) atoms. The Kier molecular flexibility index (Phi) is 5.26. The van der Waals surface area contributed by atoms with Gasteiger partial charge >= 0.3 is 0 Å². The zero-order chi connectivity index (χ0) is 13.9. The highest BCUT2D eigenvalue weighted by atomic mass is 35.5. The van der Waals surface area contributed by atoms with Crippen LogP contribution < -0.4 is 11.1 Å². The van der Waals surface area contributed by atoms with Gasteiger partial charge < -0.3 is 16.2 Å². The normalized spacial score (nSPS) is 14.1. The van der Waals surface area contributed by atoms with Crippen molar-refractivity contribution in [1.82, 2.24) is 5.32 Å². The molecular weight excluding hydrogens is 275 g/mol. The number of halogens is 2. The van der Waals surface area contributed by atoms with Gasteiger partial charge in [-0.25, -0.2) is 0 Å². The molecule has 0 saturated carbocycles. The molecular formula is C12H16Cl2N2O2. The van der Waals surface area contributed by atoms with Crippen molar-refractivity contribution in [1.29, 1.82) is 0 Å². The molecule has 6 heteroatoms. The van der Waals surface area contributed by atoms with Crippen molar-refractivity contribution in [2.75, 3.05) is 5.73 Å². The summed E-state index contributed by atoms with van der Waals surface area (Å²) in [5, 5.41) is 12.5. The molecule has 0 bridgehead atoms. The molecule has 1 aromatic rings. The third kappa shape index (κ3) is 4.05. The predicted octanol–water partition coefficient (Wildman–Crippen LogP) is 2.46. The van der Waals surface area contributed by atoms with Gasteiger partial charge in [-0.1, -0.05) is 23.2 Å². The van der Waals surface area contributed by atoms with E-state index in [0.29, 0.717) is 12.0 Å². The fourth-order valence-corrected chi connectivity index (χ4v) is 2.08. The van der Waals surface area contributed by atoms with Gasteiger partial charge in [0.05, 0.1) is 21.8 Å². The molecule has 0 aromatic heterocycles. The van der Waals surface area contributed by atoms with Gasteiger partial charge in [0.2, 0.25) is 0 Å². The zero-order valence-corrected chi connectivity index (χ0v) is 11.7. The Morgan fingerprint density at radius 3 is 2.33 bits per heavy atom. The van der Waals surface area contributed by atoms with E-state index in [4.69, 9.17) is 28.9 Å². The highest BCUT2D eigenvalue weighted by Crippen LogP contribution is 2.28. The van der Waals surface area contributed by atoms with Crippen LogP contribution in [0.2, 0.25) is 10.0 Å². The number of nitrogens with two attached hydrogens (primary N) is 1. The number of aliphatic hydroxyl groups excluding tert-OH is 1. The maximum atomic E-state index is 11.9. The second-order valence-corrected chi connectivity index (χ2v) is 5.13. The molecule has 4 nitrogen and oxygen atoms in total. The van der Waals surface area contributed by atoms with Crippen molar-refractivity contribution in [3.63, 3.8) is 0 Å². The number of rotatable bonds is 4. The number of nitrogen functional groups attached to an aromatic ring is 1. The second kappa shape index (κ2) is 6.27. The Hall–Kier alpha value is -0.970. The van der Waals surface area contributed by atoms with Crippen molar-refractivity contribution in [3.05, 3.63) is 27.7 Å². The van der Waals surface area contributed by atoms with E-state index >= 15 is 0 Å². The van der Waals surface area contributed by atoms with Gasteiger partial charge in [-0.2, -0.15) is 0 Å². The Morgan fingerprint density at radius 1 is 1.39 bits per heavy atom. The Balaban J connectivity index is 2.79. The van der Waals surface area contributed by atoms with Crippen LogP contribution in [0.25, 0.3) is 0 Å². The van der Waals surface area contributed by atoms with E-state index < -0.39 is 6.10 Å². The largest absolute Gasteiger partial charge is 0.396 e. The molecule has 2 unspecified atom stereocenters. The Bertz CT molecular complexity index is 427. The molecule has 0 spiro atoms. The number of hydrogen-bond donors (Lipinski definition) is 3. The molecule has 0 saturated heterocycles. The number of carbonyl (C=O) groups excluding carboxylic acids is 1. The van der Waals surface area contributed by atoms with Crippen LogP contribution in [-0.4, -0.2) is 23.2 Å². The van der Waals surface area contributed by atoms with Gasteiger partial charge in [-0.15, -0.1) is 0 Å². The summed E-state index contributed by atoms with van der Waals surface area (Å²) in [5.41, 5.74) is 6.19. The van der Waals surface area contributed by atoms with Gasteiger partial charge in [0.25, 0.3) is 5.91 Å². The lowest BCUT2D eigenvalue weighted by molar-refractivity contribution is 0.0923.